The summed E-state index contributed by atoms with van der Waals surface area (Å²) in [5.74, 6) is 0.769. The van der Waals surface area contributed by atoms with Crippen LogP contribution in [0.2, 0.25) is 5.28 Å². The molecule has 0 atom stereocenters. The van der Waals surface area contributed by atoms with E-state index in [1.165, 1.54) is 4.88 Å². The summed E-state index contributed by atoms with van der Waals surface area (Å²) >= 11 is 7.68. The molecule has 3 aromatic rings. The molecular formula is C15H15ClN4S. The van der Waals surface area contributed by atoms with E-state index in [2.05, 4.69) is 33.3 Å². The zero-order chi connectivity index (χ0) is 14.8. The Morgan fingerprint density at radius 2 is 2.19 bits per heavy atom. The first-order valence-corrected chi connectivity index (χ1v) is 7.97. The zero-order valence-electron chi connectivity index (χ0n) is 11.9. The Morgan fingerprint density at radius 1 is 1.33 bits per heavy atom. The van der Waals surface area contributed by atoms with Crippen LogP contribution in [0.25, 0.3) is 10.2 Å². The van der Waals surface area contributed by atoms with E-state index in [0.29, 0.717) is 6.54 Å². The monoisotopic (exact) mass is 318 g/mol. The molecular weight excluding hydrogens is 304 g/mol. The number of hydrogen-bond acceptors (Lipinski definition) is 5. The molecule has 4 nitrogen and oxygen atoms in total. The first-order valence-electron chi connectivity index (χ1n) is 6.77. The van der Waals surface area contributed by atoms with Gasteiger partial charge in [0.25, 0.3) is 0 Å². The first-order chi connectivity index (χ1) is 10.2. The van der Waals surface area contributed by atoms with Crippen molar-refractivity contribution in [2.45, 2.75) is 26.8 Å². The molecule has 6 heteroatoms. The van der Waals surface area contributed by atoms with E-state index in [1.54, 1.807) is 17.5 Å². The third-order valence-electron chi connectivity index (χ3n) is 3.31. The number of nitrogens with one attached hydrogen (secondary N) is 1. The molecule has 0 aliphatic heterocycles. The molecule has 0 radical (unpaired) electrons. The van der Waals surface area contributed by atoms with Gasteiger partial charge in [-0.1, -0.05) is 13.0 Å². The standard InChI is InChI=1S/C15H15ClN4S/c1-3-10-7-11-13(19-15(16)20-14(11)21-10)18-8-12-9(2)5-4-6-17-12/h4-7H,3,8H2,1-2H3,(H,18,19,20). The summed E-state index contributed by atoms with van der Waals surface area (Å²) in [6.07, 6.45) is 2.78. The first kappa shape index (κ1) is 14.2. The number of halogens is 1. The van der Waals surface area contributed by atoms with Crippen molar-refractivity contribution in [1.82, 2.24) is 15.0 Å². The Morgan fingerprint density at radius 3 is 2.95 bits per heavy atom. The van der Waals surface area contributed by atoms with Gasteiger partial charge in [0.2, 0.25) is 5.28 Å². The van der Waals surface area contributed by atoms with Crippen molar-refractivity contribution in [3.63, 3.8) is 0 Å². The van der Waals surface area contributed by atoms with Crippen LogP contribution in [0.5, 0.6) is 0 Å². The fourth-order valence-corrected chi connectivity index (χ4v) is 3.31. The highest BCUT2D eigenvalue weighted by atomic mass is 35.5. The maximum Gasteiger partial charge on any atom is 0.225 e. The second-order valence-corrected chi connectivity index (χ2v) is 6.20. The minimum Gasteiger partial charge on any atom is -0.364 e. The normalized spacial score (nSPS) is 11.0. The van der Waals surface area contributed by atoms with Gasteiger partial charge in [-0.05, 0) is 42.6 Å². The van der Waals surface area contributed by atoms with Gasteiger partial charge in [0.05, 0.1) is 17.6 Å². The number of hydrogen-bond donors (Lipinski definition) is 1. The van der Waals surface area contributed by atoms with Gasteiger partial charge < -0.3 is 5.32 Å². The summed E-state index contributed by atoms with van der Waals surface area (Å²) in [4.78, 5) is 15.2. The fourth-order valence-electron chi connectivity index (χ4n) is 2.13. The van der Waals surface area contributed by atoms with Crippen molar-refractivity contribution in [2.75, 3.05) is 5.32 Å². The number of nitrogens with zero attached hydrogens (tertiary/aromatic N) is 3. The van der Waals surface area contributed by atoms with Crippen LogP contribution in [-0.4, -0.2) is 15.0 Å². The van der Waals surface area contributed by atoms with Crippen LogP contribution in [0.15, 0.2) is 24.4 Å². The smallest absolute Gasteiger partial charge is 0.225 e. The maximum atomic E-state index is 6.02. The van der Waals surface area contributed by atoms with Crippen LogP contribution in [0.4, 0.5) is 5.82 Å². The number of anilines is 1. The molecule has 3 heterocycles. The number of fused-ring (bicyclic) bond motifs is 1. The Bertz CT molecular complexity index is 784. The highest BCUT2D eigenvalue weighted by Gasteiger charge is 2.11. The van der Waals surface area contributed by atoms with Crippen molar-refractivity contribution in [3.05, 3.63) is 45.8 Å². The van der Waals surface area contributed by atoms with Crippen LogP contribution in [-0.2, 0) is 13.0 Å². The van der Waals surface area contributed by atoms with Gasteiger partial charge in [-0.25, -0.2) is 9.97 Å². The van der Waals surface area contributed by atoms with Gasteiger partial charge in [0.15, 0.2) is 0 Å². The molecule has 3 rings (SSSR count). The summed E-state index contributed by atoms with van der Waals surface area (Å²) in [7, 11) is 0. The SMILES string of the molecule is CCc1cc2c(NCc3ncccc3C)nc(Cl)nc2s1. The molecule has 21 heavy (non-hydrogen) atoms. The number of aryl methyl sites for hydroxylation is 2. The quantitative estimate of drug-likeness (QED) is 0.732. The van der Waals surface area contributed by atoms with Gasteiger partial charge in [-0.2, -0.15) is 0 Å². The summed E-state index contributed by atoms with van der Waals surface area (Å²) in [6.45, 7) is 4.79. The van der Waals surface area contributed by atoms with Crippen molar-refractivity contribution < 1.29 is 0 Å². The lowest BCUT2D eigenvalue weighted by Gasteiger charge is -2.08. The number of pyridine rings is 1. The molecule has 3 aromatic heterocycles. The van der Waals surface area contributed by atoms with E-state index in [1.807, 2.05) is 19.1 Å². The predicted octanol–water partition coefficient (Wildman–Crippen LogP) is 4.22. The second-order valence-electron chi connectivity index (χ2n) is 4.75. The average Bonchev–Trinajstić information content (AvgIpc) is 2.89. The van der Waals surface area contributed by atoms with Crippen molar-refractivity contribution in [2.24, 2.45) is 0 Å². The lowest BCUT2D eigenvalue weighted by molar-refractivity contribution is 1.01. The van der Waals surface area contributed by atoms with Crippen LogP contribution in [0.1, 0.15) is 23.1 Å². The van der Waals surface area contributed by atoms with E-state index in [0.717, 1.165) is 33.7 Å². The lowest BCUT2D eigenvalue weighted by atomic mass is 10.2. The molecule has 0 spiro atoms. The van der Waals surface area contributed by atoms with Crippen LogP contribution in [0.3, 0.4) is 0 Å². The summed E-state index contributed by atoms with van der Waals surface area (Å²) in [5.41, 5.74) is 2.16. The minimum atomic E-state index is 0.271. The summed E-state index contributed by atoms with van der Waals surface area (Å²) in [6, 6.07) is 6.11. The third kappa shape index (κ3) is 2.99. The van der Waals surface area contributed by atoms with E-state index in [9.17, 15) is 0 Å². The highest BCUT2D eigenvalue weighted by Crippen LogP contribution is 2.30. The van der Waals surface area contributed by atoms with E-state index in [-0.39, 0.29) is 5.28 Å². The van der Waals surface area contributed by atoms with Crippen LogP contribution < -0.4 is 5.32 Å². The number of aromatic nitrogens is 3. The minimum absolute atomic E-state index is 0.271. The fraction of sp³-hybridized carbons (Fsp3) is 0.267. The molecule has 0 aliphatic carbocycles. The van der Waals surface area contributed by atoms with E-state index >= 15 is 0 Å². The van der Waals surface area contributed by atoms with E-state index < -0.39 is 0 Å². The Hall–Kier alpha value is -1.72. The van der Waals surface area contributed by atoms with E-state index in [4.69, 9.17) is 11.6 Å². The van der Waals surface area contributed by atoms with Gasteiger partial charge in [0, 0.05) is 11.1 Å². The molecule has 0 fully saturated rings. The molecule has 1 N–H and O–H groups in total. The average molecular weight is 319 g/mol. The molecule has 0 saturated heterocycles. The van der Waals surface area contributed by atoms with Gasteiger partial charge in [0.1, 0.15) is 10.6 Å². The molecule has 0 amide bonds. The predicted molar refractivity (Wildman–Crippen MR) is 88.1 cm³/mol. The number of rotatable bonds is 4. The Kier molecular flexibility index (Phi) is 4.03. The highest BCUT2D eigenvalue weighted by molar-refractivity contribution is 7.18. The lowest BCUT2D eigenvalue weighted by Crippen LogP contribution is -2.05. The molecule has 0 bridgehead atoms. The van der Waals surface area contributed by atoms with Gasteiger partial charge >= 0.3 is 0 Å². The maximum absolute atomic E-state index is 6.02. The van der Waals surface area contributed by atoms with Gasteiger partial charge in [-0.3, -0.25) is 4.98 Å². The molecule has 0 unspecified atom stereocenters. The molecule has 0 aromatic carbocycles. The summed E-state index contributed by atoms with van der Waals surface area (Å²) < 4.78 is 0. The largest absolute Gasteiger partial charge is 0.364 e. The second kappa shape index (κ2) is 5.95. The molecule has 108 valence electrons. The van der Waals surface area contributed by atoms with Crippen LogP contribution in [0, 0.1) is 6.92 Å². The Balaban J connectivity index is 1.93. The molecule has 0 aliphatic rings. The summed E-state index contributed by atoms with van der Waals surface area (Å²) in [5, 5.41) is 4.63. The number of thiophene rings is 1. The Labute approximate surface area is 132 Å². The third-order valence-corrected chi connectivity index (χ3v) is 4.65. The van der Waals surface area contributed by atoms with Gasteiger partial charge in [-0.15, -0.1) is 11.3 Å². The zero-order valence-corrected chi connectivity index (χ0v) is 13.4. The topological polar surface area (TPSA) is 50.7 Å². The van der Waals surface area contributed by atoms with Crippen molar-refractivity contribution >= 4 is 39.0 Å². The van der Waals surface area contributed by atoms with Crippen molar-refractivity contribution in [1.29, 1.82) is 0 Å². The molecule has 0 saturated carbocycles. The van der Waals surface area contributed by atoms with Crippen LogP contribution >= 0.6 is 22.9 Å². The van der Waals surface area contributed by atoms with Crippen molar-refractivity contribution in [3.8, 4) is 0 Å².